The maximum atomic E-state index is 15.2. The highest BCUT2D eigenvalue weighted by Gasteiger charge is 2.52. The van der Waals surface area contributed by atoms with Crippen molar-refractivity contribution in [2.45, 2.75) is 123 Å². The van der Waals surface area contributed by atoms with Crippen molar-refractivity contribution in [1.82, 2.24) is 4.90 Å². The third kappa shape index (κ3) is 9.83. The van der Waals surface area contributed by atoms with Crippen LogP contribution >= 0.6 is 0 Å². The van der Waals surface area contributed by atoms with Gasteiger partial charge in [-0.3, -0.25) is 29.3 Å². The Morgan fingerprint density at radius 3 is 2.08 bits per heavy atom. The first-order valence-electron chi connectivity index (χ1n) is 25.1. The number of esters is 1. The Hall–Kier alpha value is -6.65. The third-order valence-electron chi connectivity index (χ3n) is 15.4. The van der Waals surface area contributed by atoms with Gasteiger partial charge in [-0.25, -0.2) is 0 Å². The van der Waals surface area contributed by atoms with Gasteiger partial charge in [-0.05, 0) is 37.5 Å². The Morgan fingerprint density at radius 2 is 1.49 bits per heavy atom. The second kappa shape index (κ2) is 21.1. The van der Waals surface area contributed by atoms with Crippen LogP contribution in [0, 0.1) is 30.6 Å². The minimum atomic E-state index is -2.02. The summed E-state index contributed by atoms with van der Waals surface area (Å²) in [6, 6.07) is 19.8. The molecule has 12 atom stereocenters. The van der Waals surface area contributed by atoms with Crippen molar-refractivity contribution in [2.24, 2.45) is 33.7 Å². The second-order valence-electron chi connectivity index (χ2n) is 20.3. The van der Waals surface area contributed by atoms with Crippen LogP contribution in [0.5, 0.6) is 17.2 Å². The summed E-state index contributed by atoms with van der Waals surface area (Å²) in [6.07, 6.45) is 7.22. The number of likely N-dealkylation sites (tertiary alicyclic amines) is 1. The van der Waals surface area contributed by atoms with Crippen LogP contribution in [-0.2, 0) is 23.8 Å². The summed E-state index contributed by atoms with van der Waals surface area (Å²) >= 11 is 0. The monoisotopic (exact) mass is 996 g/mol. The topological polar surface area (TPSA) is 209 Å². The molecule has 1 spiro atoms. The van der Waals surface area contributed by atoms with Crippen LogP contribution in [0.1, 0.15) is 107 Å². The molecule has 4 bridgehead atoms. The van der Waals surface area contributed by atoms with E-state index >= 15 is 4.79 Å². The van der Waals surface area contributed by atoms with Gasteiger partial charge in [-0.1, -0.05) is 113 Å². The molecule has 4 aliphatic heterocycles. The van der Waals surface area contributed by atoms with Gasteiger partial charge in [0.25, 0.3) is 11.7 Å². The number of aliphatic hydroxyl groups excluding tert-OH is 2. The number of nitrogens with one attached hydrogen (secondary N) is 1. The average molecular weight is 997 g/mol. The lowest BCUT2D eigenvalue weighted by atomic mass is 9.78. The van der Waals surface area contributed by atoms with Gasteiger partial charge in [0.2, 0.25) is 0 Å². The number of hydrogen-bond acceptors (Lipinski definition) is 14. The van der Waals surface area contributed by atoms with E-state index in [2.05, 4.69) is 41.1 Å². The Bertz CT molecular complexity index is 2960. The molecule has 8 rings (SSSR count). The van der Waals surface area contributed by atoms with Crippen LogP contribution in [0.2, 0.25) is 0 Å². The molecule has 0 aliphatic carbocycles. The van der Waals surface area contributed by atoms with Crippen LogP contribution in [0.3, 0.4) is 0 Å². The summed E-state index contributed by atoms with van der Waals surface area (Å²) < 4.78 is 24.4. The number of phenolic OH excluding ortho intramolecular Hbond substituents is 2. The number of carbonyl (C=O) groups is 3. The molecule has 1 fully saturated rings. The van der Waals surface area contributed by atoms with Crippen molar-refractivity contribution >= 4 is 34.1 Å². The summed E-state index contributed by atoms with van der Waals surface area (Å²) in [5.41, 5.74) is 1.11. The number of allylic oxidation sites excluding steroid dienone is 2. The number of phenols is 2. The number of nitrogens with zero attached hydrogens (tertiary/aromatic N) is 3. The van der Waals surface area contributed by atoms with Gasteiger partial charge in [0.05, 0.1) is 40.9 Å². The number of ether oxygens (including phenoxy) is 4. The quantitative estimate of drug-likeness (QED) is 0.0675. The van der Waals surface area contributed by atoms with Crippen molar-refractivity contribution in [3.8, 4) is 17.2 Å². The lowest BCUT2D eigenvalue weighted by Gasteiger charge is -2.48. The number of anilines is 1. The van der Waals surface area contributed by atoms with Gasteiger partial charge in [0.1, 0.15) is 28.6 Å². The number of piperidine rings is 1. The maximum absolute atomic E-state index is 15.2. The first-order valence-corrected chi connectivity index (χ1v) is 25.1. The highest BCUT2D eigenvalue weighted by atomic mass is 16.7. The number of carbonyl (C=O) groups excluding carboxylic acids is 3. The zero-order chi connectivity index (χ0) is 52.7. The molecule has 1 unspecified atom stereocenters. The number of hydrogen-bond donors (Lipinski definition) is 5. The third-order valence-corrected chi connectivity index (χ3v) is 15.4. The molecule has 4 aliphatic rings. The number of benzene rings is 4. The minimum absolute atomic E-state index is 0.000226. The van der Waals surface area contributed by atoms with Gasteiger partial charge in [0, 0.05) is 92.6 Å². The Labute approximate surface area is 426 Å². The fourth-order valence-corrected chi connectivity index (χ4v) is 11.2. The van der Waals surface area contributed by atoms with Crippen LogP contribution in [0.25, 0.3) is 10.8 Å². The smallest absolute Gasteiger partial charge is 0.312 e. The molecule has 73 heavy (non-hydrogen) atoms. The van der Waals surface area contributed by atoms with E-state index < -0.39 is 88.7 Å². The van der Waals surface area contributed by atoms with Gasteiger partial charge < -0.3 is 44.7 Å². The predicted octanol–water partition coefficient (Wildman–Crippen LogP) is 8.15. The van der Waals surface area contributed by atoms with E-state index in [-0.39, 0.29) is 61.7 Å². The number of ketones is 1. The number of aromatic hydroxyl groups is 2. The average Bonchev–Trinajstić information content (AvgIpc) is 3.88. The van der Waals surface area contributed by atoms with Crippen molar-refractivity contribution in [3.05, 3.63) is 142 Å². The van der Waals surface area contributed by atoms with Gasteiger partial charge in [-0.15, -0.1) is 6.58 Å². The molecule has 4 heterocycles. The molecular weight excluding hydrogens is 929 g/mol. The van der Waals surface area contributed by atoms with Gasteiger partial charge >= 0.3 is 11.8 Å². The molecule has 386 valence electrons. The zero-order valence-electron chi connectivity index (χ0n) is 43.0. The number of fused-ring (bicyclic) bond motifs is 1. The molecule has 15 nitrogen and oxygen atoms in total. The van der Waals surface area contributed by atoms with Crippen molar-refractivity contribution < 1.29 is 53.8 Å². The summed E-state index contributed by atoms with van der Waals surface area (Å²) in [5.74, 6) is -7.24. The molecule has 15 heteroatoms. The number of aliphatic hydroxyl groups is 2. The van der Waals surface area contributed by atoms with E-state index in [1.54, 1.807) is 65.8 Å². The van der Waals surface area contributed by atoms with Crippen LogP contribution < -0.4 is 20.8 Å². The first-order chi connectivity index (χ1) is 34.8. The largest absolute Gasteiger partial charge is 0.507 e. The standard InChI is InChI=1S/C58H68N4O11/c1-11-12-27-62-40(38-22-15-13-16-23-38)29-58(30-41(62)39-24-17-14-18-25-39)60-46-43-44-51(66)36(7)54-45(43)55(68)57(9,73-54)71-28-26-42(70-10)33(4)53(72-37(8)63)35(6)50(65)34(5)49(64)31(2)20-19-21-32(3)56(69)59-48(52(44)67)47(46)61-58/h11,13-26,28,31,33-35,40-42,49-50,53,64-67H,1,12,27,29-30H2,2-10H3,(H,59,69)/b20-19+,28-26+,32-21-/t31-,33+,34+,35-,40-,41+,42-,49-,50-,53+,57-,58?/m0/s1. The minimum Gasteiger partial charge on any atom is -0.507 e. The molecule has 1 amide bonds. The molecule has 4 aromatic rings. The number of Topliss-reactive ketones (excluding diaryl/α,β-unsaturated/α-hetero) is 1. The lowest BCUT2D eigenvalue weighted by molar-refractivity contribution is -0.160. The Kier molecular flexibility index (Phi) is 15.2. The van der Waals surface area contributed by atoms with Gasteiger partial charge in [0.15, 0.2) is 11.4 Å². The van der Waals surface area contributed by atoms with E-state index in [4.69, 9.17) is 28.9 Å². The molecular formula is C58H68N4O11. The fourth-order valence-electron chi connectivity index (χ4n) is 11.2. The normalized spacial score (nSPS) is 32.3. The first kappa shape index (κ1) is 52.7. The highest BCUT2D eigenvalue weighted by Crippen LogP contribution is 2.52. The molecule has 5 N–H and O–H groups in total. The lowest BCUT2D eigenvalue weighted by Crippen LogP contribution is -2.46. The van der Waals surface area contributed by atoms with E-state index in [0.29, 0.717) is 25.8 Å². The number of rotatable bonds is 7. The highest BCUT2D eigenvalue weighted by molar-refractivity contribution is 6.19. The Morgan fingerprint density at radius 1 is 0.877 bits per heavy atom. The SMILES string of the molecule is C=CCCN1[C@@H](c2ccccc2)CC2(C[C@H]1c1ccccc1)N=c1c3c(O)c4c(O)c(C)c5c(c4c1=N2)C(=O)[C@@](C)(O/C=C/[C@H](OC)[C@@H](C)[C@@H](OC(C)=O)[C@@H](C)[C@@H](O)[C@H](C)[C@@H](O)[C@@H](C)/C=C/C=C(/C)C(=O)N3)O5. The fraction of sp³-hybridized carbons (Fsp3) is 0.431. The van der Waals surface area contributed by atoms with Crippen LogP contribution in [0.4, 0.5) is 5.69 Å². The summed E-state index contributed by atoms with van der Waals surface area (Å²) in [6.45, 7) is 17.6. The molecule has 0 aromatic heterocycles. The maximum Gasteiger partial charge on any atom is 0.312 e. The molecule has 0 saturated carbocycles. The van der Waals surface area contributed by atoms with Crippen molar-refractivity contribution in [2.75, 3.05) is 19.0 Å². The summed E-state index contributed by atoms with van der Waals surface area (Å²) in [5, 5.41) is 51.2. The summed E-state index contributed by atoms with van der Waals surface area (Å²) in [4.78, 5) is 55.5. The van der Waals surface area contributed by atoms with Crippen molar-refractivity contribution in [3.63, 3.8) is 0 Å². The molecule has 4 aromatic carbocycles. The zero-order valence-corrected chi connectivity index (χ0v) is 43.0. The van der Waals surface area contributed by atoms with E-state index in [9.17, 15) is 30.0 Å². The van der Waals surface area contributed by atoms with Crippen LogP contribution in [-0.4, -0.2) is 92.5 Å². The van der Waals surface area contributed by atoms with E-state index in [0.717, 1.165) is 11.1 Å². The number of amides is 1. The molecule has 0 radical (unpaired) electrons. The summed E-state index contributed by atoms with van der Waals surface area (Å²) in [7, 11) is 1.47. The predicted molar refractivity (Wildman–Crippen MR) is 276 cm³/mol. The second-order valence-corrected chi connectivity index (χ2v) is 20.3. The molecule has 1 saturated heterocycles. The van der Waals surface area contributed by atoms with E-state index in [1.807, 2.05) is 42.5 Å². The number of methoxy groups -OCH3 is 1. The van der Waals surface area contributed by atoms with Crippen molar-refractivity contribution in [1.29, 1.82) is 0 Å². The van der Waals surface area contributed by atoms with Gasteiger partial charge in [-0.2, -0.15) is 0 Å². The Balaban J connectivity index is 1.36. The van der Waals surface area contributed by atoms with Crippen LogP contribution in [0.15, 0.2) is 119 Å². The van der Waals surface area contributed by atoms with E-state index in [1.165, 1.54) is 27.2 Å².